The summed E-state index contributed by atoms with van der Waals surface area (Å²) in [5, 5.41) is 19.1. The van der Waals surface area contributed by atoms with E-state index in [2.05, 4.69) is 0 Å². The molecule has 0 fully saturated rings. The zero-order valence-electron chi connectivity index (χ0n) is 11.5. The number of amides is 2. The molecule has 2 atom stereocenters. The molecule has 1 aromatic carbocycles. The smallest absolute Gasteiger partial charge is 0.261 e. The van der Waals surface area contributed by atoms with Gasteiger partial charge in [0.25, 0.3) is 11.8 Å². The van der Waals surface area contributed by atoms with Crippen molar-refractivity contribution in [2.24, 2.45) is 0 Å². The van der Waals surface area contributed by atoms with Crippen LogP contribution in [0.25, 0.3) is 0 Å². The van der Waals surface area contributed by atoms with Gasteiger partial charge < -0.3 is 10.2 Å². The van der Waals surface area contributed by atoms with Crippen LogP contribution in [0.4, 0.5) is 0 Å². The summed E-state index contributed by atoms with van der Waals surface area (Å²) in [5.41, 5.74) is 0.802. The quantitative estimate of drug-likeness (QED) is 0.596. The van der Waals surface area contributed by atoms with Gasteiger partial charge in [-0.15, -0.1) is 0 Å². The van der Waals surface area contributed by atoms with Crippen molar-refractivity contribution in [1.29, 1.82) is 0 Å². The zero-order valence-corrected chi connectivity index (χ0v) is 11.5. The maximum absolute atomic E-state index is 12.1. The topological polar surface area (TPSA) is 81.1 Å². The van der Waals surface area contributed by atoms with E-state index < -0.39 is 12.5 Å². The minimum Gasteiger partial charge on any atom is -0.379 e. The number of hydrogen-bond acceptors (Lipinski definition) is 5. The Morgan fingerprint density at radius 3 is 1.90 bits per heavy atom. The normalized spacial score (nSPS) is 17.6. The number of aliphatic hydroxyl groups excluding tert-OH is 2. The van der Waals surface area contributed by atoms with Crippen LogP contribution in [0.2, 0.25) is 0 Å². The van der Waals surface area contributed by atoms with Gasteiger partial charge in [0, 0.05) is 13.1 Å². The third-order valence-electron chi connectivity index (χ3n) is 3.42. The first-order valence-corrected chi connectivity index (χ1v) is 6.50. The molecule has 1 aliphatic rings. The summed E-state index contributed by atoms with van der Waals surface area (Å²) in [7, 11) is 0. The SMILES string of the molecule is CC(O)N(CCN1C(=O)c2ccccc2C1=O)C(C)O. The highest BCUT2D eigenvalue weighted by Crippen LogP contribution is 2.22. The Bertz CT molecular complexity index is 485. The lowest BCUT2D eigenvalue weighted by Crippen LogP contribution is -2.45. The van der Waals surface area contributed by atoms with Gasteiger partial charge in [-0.2, -0.15) is 0 Å². The van der Waals surface area contributed by atoms with E-state index in [1.165, 1.54) is 18.7 Å². The predicted molar refractivity (Wildman–Crippen MR) is 71.9 cm³/mol. The Morgan fingerprint density at radius 1 is 1.05 bits per heavy atom. The lowest BCUT2D eigenvalue weighted by atomic mass is 10.1. The van der Waals surface area contributed by atoms with Gasteiger partial charge in [-0.3, -0.25) is 19.4 Å². The molecule has 0 saturated carbocycles. The second-order valence-electron chi connectivity index (χ2n) is 4.81. The number of carbonyl (C=O) groups excluding carboxylic acids is 2. The number of imide groups is 1. The summed E-state index contributed by atoms with van der Waals surface area (Å²) >= 11 is 0. The van der Waals surface area contributed by atoms with E-state index in [0.717, 1.165) is 4.90 Å². The summed E-state index contributed by atoms with van der Waals surface area (Å²) in [6.07, 6.45) is -1.71. The molecule has 0 aromatic heterocycles. The summed E-state index contributed by atoms with van der Waals surface area (Å²) in [5.74, 6) is -0.663. The minimum absolute atomic E-state index is 0.127. The molecule has 1 heterocycles. The van der Waals surface area contributed by atoms with Crippen LogP contribution in [0.3, 0.4) is 0 Å². The molecule has 20 heavy (non-hydrogen) atoms. The lowest BCUT2D eigenvalue weighted by Gasteiger charge is -2.29. The Hall–Kier alpha value is -1.76. The molecule has 2 N–H and O–H groups in total. The van der Waals surface area contributed by atoms with Crippen molar-refractivity contribution in [2.75, 3.05) is 13.1 Å². The van der Waals surface area contributed by atoms with Crippen LogP contribution < -0.4 is 0 Å². The fraction of sp³-hybridized carbons (Fsp3) is 0.429. The molecule has 0 saturated heterocycles. The molecular weight excluding hydrogens is 260 g/mol. The minimum atomic E-state index is -0.856. The molecule has 0 bridgehead atoms. The van der Waals surface area contributed by atoms with E-state index in [-0.39, 0.29) is 24.9 Å². The van der Waals surface area contributed by atoms with Gasteiger partial charge in [0.15, 0.2) is 0 Å². The van der Waals surface area contributed by atoms with Crippen LogP contribution in [0, 0.1) is 0 Å². The number of hydrogen-bond donors (Lipinski definition) is 2. The number of aliphatic hydroxyl groups is 2. The number of rotatable bonds is 5. The van der Waals surface area contributed by atoms with Gasteiger partial charge in [-0.1, -0.05) is 12.1 Å². The van der Waals surface area contributed by atoms with Crippen LogP contribution in [-0.4, -0.2) is 57.4 Å². The Kier molecular flexibility index (Phi) is 4.17. The van der Waals surface area contributed by atoms with E-state index in [1.54, 1.807) is 24.3 Å². The third kappa shape index (κ3) is 2.58. The van der Waals surface area contributed by atoms with Crippen molar-refractivity contribution >= 4 is 11.8 Å². The predicted octanol–water partition coefficient (Wildman–Crippen LogP) is 0.261. The van der Waals surface area contributed by atoms with Gasteiger partial charge in [0.05, 0.1) is 11.1 Å². The summed E-state index contributed by atoms with van der Waals surface area (Å²) in [6.45, 7) is 3.38. The summed E-state index contributed by atoms with van der Waals surface area (Å²) in [4.78, 5) is 26.8. The molecule has 2 amide bonds. The molecule has 1 aliphatic heterocycles. The average molecular weight is 278 g/mol. The molecule has 2 rings (SSSR count). The average Bonchev–Trinajstić information content (AvgIpc) is 2.63. The molecule has 6 heteroatoms. The van der Waals surface area contributed by atoms with Crippen LogP contribution in [-0.2, 0) is 0 Å². The first kappa shape index (κ1) is 14.6. The van der Waals surface area contributed by atoms with E-state index in [4.69, 9.17) is 0 Å². The van der Waals surface area contributed by atoms with Crippen molar-refractivity contribution in [1.82, 2.24) is 9.80 Å². The maximum Gasteiger partial charge on any atom is 0.261 e. The Labute approximate surface area is 117 Å². The van der Waals surface area contributed by atoms with E-state index in [9.17, 15) is 19.8 Å². The second-order valence-corrected chi connectivity index (χ2v) is 4.81. The monoisotopic (exact) mass is 278 g/mol. The summed E-state index contributed by atoms with van der Waals surface area (Å²) < 4.78 is 0. The molecule has 2 unspecified atom stereocenters. The second kappa shape index (κ2) is 5.70. The highest BCUT2D eigenvalue weighted by Gasteiger charge is 2.35. The zero-order chi connectivity index (χ0) is 14.9. The Balaban J connectivity index is 2.09. The standard InChI is InChI=1S/C14H18N2O4/c1-9(17)15(10(2)18)7-8-16-13(19)11-5-3-4-6-12(11)14(16)20/h3-6,9-10,17-18H,7-8H2,1-2H3. The number of fused-ring (bicyclic) bond motifs is 1. The molecule has 108 valence electrons. The van der Waals surface area contributed by atoms with E-state index in [0.29, 0.717) is 11.1 Å². The van der Waals surface area contributed by atoms with Crippen LogP contribution in [0.15, 0.2) is 24.3 Å². The molecule has 0 spiro atoms. The highest BCUT2D eigenvalue weighted by molar-refractivity contribution is 6.21. The van der Waals surface area contributed by atoms with Gasteiger partial charge in [-0.25, -0.2) is 0 Å². The van der Waals surface area contributed by atoms with E-state index >= 15 is 0 Å². The van der Waals surface area contributed by atoms with Gasteiger partial charge >= 0.3 is 0 Å². The van der Waals surface area contributed by atoms with Crippen molar-refractivity contribution in [3.63, 3.8) is 0 Å². The van der Waals surface area contributed by atoms with Crippen molar-refractivity contribution in [3.05, 3.63) is 35.4 Å². The van der Waals surface area contributed by atoms with Crippen molar-refractivity contribution in [2.45, 2.75) is 26.3 Å². The molecule has 1 aromatic rings. The molecule has 0 radical (unpaired) electrons. The molecule has 6 nitrogen and oxygen atoms in total. The molecule has 0 aliphatic carbocycles. The number of carbonyl (C=O) groups is 2. The van der Waals surface area contributed by atoms with Crippen LogP contribution >= 0.6 is 0 Å². The largest absolute Gasteiger partial charge is 0.379 e. The number of nitrogens with zero attached hydrogens (tertiary/aromatic N) is 2. The number of benzene rings is 1. The third-order valence-corrected chi connectivity index (χ3v) is 3.42. The lowest BCUT2D eigenvalue weighted by molar-refractivity contribution is -0.0851. The fourth-order valence-corrected chi connectivity index (χ4v) is 2.34. The van der Waals surface area contributed by atoms with Crippen molar-refractivity contribution < 1.29 is 19.8 Å². The summed E-state index contributed by atoms with van der Waals surface area (Å²) in [6, 6.07) is 6.67. The van der Waals surface area contributed by atoms with Gasteiger partial charge in [-0.05, 0) is 26.0 Å². The van der Waals surface area contributed by atoms with Gasteiger partial charge in [0.2, 0.25) is 0 Å². The fourth-order valence-electron chi connectivity index (χ4n) is 2.34. The highest BCUT2D eigenvalue weighted by atomic mass is 16.3. The first-order chi connectivity index (χ1) is 9.43. The maximum atomic E-state index is 12.1. The molecular formula is C14H18N2O4. The first-order valence-electron chi connectivity index (χ1n) is 6.50. The van der Waals surface area contributed by atoms with Crippen molar-refractivity contribution in [3.8, 4) is 0 Å². The Morgan fingerprint density at radius 2 is 1.50 bits per heavy atom. The van der Waals surface area contributed by atoms with E-state index in [1.807, 2.05) is 0 Å². The van der Waals surface area contributed by atoms with Crippen LogP contribution in [0.5, 0.6) is 0 Å². The van der Waals surface area contributed by atoms with Gasteiger partial charge in [0.1, 0.15) is 12.5 Å². The van der Waals surface area contributed by atoms with Crippen LogP contribution in [0.1, 0.15) is 34.6 Å².